The van der Waals surface area contributed by atoms with Crippen molar-refractivity contribution in [2.24, 2.45) is 23.7 Å². The molecule has 0 unspecified atom stereocenters. The zero-order valence-electron chi connectivity index (χ0n) is 14.6. The van der Waals surface area contributed by atoms with Gasteiger partial charge in [0.05, 0.1) is 18.4 Å². The Labute approximate surface area is 140 Å². The van der Waals surface area contributed by atoms with Gasteiger partial charge in [0, 0.05) is 5.54 Å². The van der Waals surface area contributed by atoms with Crippen LogP contribution in [0.15, 0.2) is 12.3 Å². The van der Waals surface area contributed by atoms with Crippen LogP contribution in [0.1, 0.15) is 70.3 Å². The molecule has 2 N–H and O–H groups in total. The topological polar surface area (TPSA) is 40.7 Å². The van der Waals surface area contributed by atoms with Crippen molar-refractivity contribution in [3.05, 3.63) is 23.8 Å². The first-order valence-electron chi connectivity index (χ1n) is 9.56. The van der Waals surface area contributed by atoms with Crippen molar-refractivity contribution < 1.29 is 0 Å². The van der Waals surface area contributed by atoms with Crippen LogP contribution < -0.4 is 5.32 Å². The summed E-state index contributed by atoms with van der Waals surface area (Å²) < 4.78 is 0. The Morgan fingerprint density at radius 2 is 1.87 bits per heavy atom. The Kier molecular flexibility index (Phi) is 4.08. The number of aromatic amines is 1. The summed E-state index contributed by atoms with van der Waals surface area (Å²) in [5.41, 5.74) is 1.56. The van der Waals surface area contributed by atoms with Crippen molar-refractivity contribution >= 4 is 6.08 Å². The molecule has 0 aromatic carbocycles. The molecule has 0 spiro atoms. The summed E-state index contributed by atoms with van der Waals surface area (Å²) in [5.74, 6) is 4.80. The summed E-state index contributed by atoms with van der Waals surface area (Å²) in [6, 6.07) is 0. The van der Waals surface area contributed by atoms with Gasteiger partial charge in [0.2, 0.25) is 0 Å². The fourth-order valence-electron chi connectivity index (χ4n) is 5.62. The molecule has 0 radical (unpaired) electrons. The molecular formula is C20H31N3. The van der Waals surface area contributed by atoms with Crippen molar-refractivity contribution in [1.29, 1.82) is 0 Å². The van der Waals surface area contributed by atoms with Crippen LogP contribution in [-0.4, -0.2) is 15.5 Å². The number of hydrogen-bond donors (Lipinski definition) is 2. The number of H-pyrrole nitrogens is 1. The third-order valence-corrected chi connectivity index (χ3v) is 6.22. The molecule has 0 atom stereocenters. The van der Waals surface area contributed by atoms with Gasteiger partial charge >= 0.3 is 0 Å². The average Bonchev–Trinajstić information content (AvgIpc) is 2.91. The zero-order valence-corrected chi connectivity index (χ0v) is 14.6. The number of allylic oxidation sites excluding steroid dienone is 1. The number of imidazole rings is 1. The fourth-order valence-corrected chi connectivity index (χ4v) is 5.62. The van der Waals surface area contributed by atoms with Gasteiger partial charge in [-0.2, -0.15) is 0 Å². The van der Waals surface area contributed by atoms with E-state index in [0.717, 1.165) is 42.2 Å². The Morgan fingerprint density at radius 3 is 2.48 bits per heavy atom. The van der Waals surface area contributed by atoms with E-state index in [0.29, 0.717) is 11.5 Å². The maximum Gasteiger partial charge on any atom is 0.120 e. The minimum Gasteiger partial charge on any atom is -0.341 e. The monoisotopic (exact) mass is 313 g/mol. The summed E-state index contributed by atoms with van der Waals surface area (Å²) in [6.45, 7) is 5.39. The zero-order chi connectivity index (χ0) is 15.9. The summed E-state index contributed by atoms with van der Waals surface area (Å²) in [4.78, 5) is 8.02. The first kappa shape index (κ1) is 15.4. The molecule has 0 amide bonds. The second-order valence-electron chi connectivity index (χ2n) is 8.87. The molecule has 1 heterocycles. The molecule has 1 aromatic heterocycles. The molecule has 126 valence electrons. The second kappa shape index (κ2) is 6.08. The molecule has 3 heteroatoms. The highest BCUT2D eigenvalue weighted by Crippen LogP contribution is 2.55. The van der Waals surface area contributed by atoms with Gasteiger partial charge in [0.1, 0.15) is 5.82 Å². The SMILES string of the molecule is CC(C)C/C=C\c1cnc(CNC23CC4CC(CC(C4)C2)C3)[nH]1. The van der Waals surface area contributed by atoms with Gasteiger partial charge in [-0.3, -0.25) is 0 Å². The highest BCUT2D eigenvalue weighted by Gasteiger charge is 2.50. The maximum absolute atomic E-state index is 4.56. The highest BCUT2D eigenvalue weighted by molar-refractivity contribution is 5.43. The fraction of sp³-hybridized carbons (Fsp3) is 0.750. The van der Waals surface area contributed by atoms with Gasteiger partial charge in [0.15, 0.2) is 0 Å². The van der Waals surface area contributed by atoms with Crippen LogP contribution in [0.3, 0.4) is 0 Å². The Balaban J connectivity index is 1.35. The van der Waals surface area contributed by atoms with E-state index in [1.807, 2.05) is 6.20 Å². The number of hydrogen-bond acceptors (Lipinski definition) is 2. The average molecular weight is 313 g/mol. The lowest BCUT2D eigenvalue weighted by atomic mass is 9.53. The first-order valence-corrected chi connectivity index (χ1v) is 9.56. The van der Waals surface area contributed by atoms with Gasteiger partial charge in [-0.05, 0) is 74.7 Å². The van der Waals surface area contributed by atoms with Crippen molar-refractivity contribution in [3.8, 4) is 0 Å². The number of nitrogens with one attached hydrogen (secondary N) is 2. The molecule has 3 nitrogen and oxygen atoms in total. The van der Waals surface area contributed by atoms with E-state index in [9.17, 15) is 0 Å². The predicted molar refractivity (Wildman–Crippen MR) is 94.8 cm³/mol. The van der Waals surface area contributed by atoms with Gasteiger partial charge in [-0.15, -0.1) is 0 Å². The lowest BCUT2D eigenvalue weighted by Gasteiger charge is -2.57. The largest absolute Gasteiger partial charge is 0.341 e. The molecule has 5 rings (SSSR count). The summed E-state index contributed by atoms with van der Waals surface area (Å²) in [5, 5.41) is 3.91. The molecule has 4 saturated carbocycles. The van der Waals surface area contributed by atoms with Crippen LogP contribution in [0.2, 0.25) is 0 Å². The van der Waals surface area contributed by atoms with Crippen LogP contribution in [-0.2, 0) is 6.54 Å². The van der Waals surface area contributed by atoms with Gasteiger partial charge in [0.25, 0.3) is 0 Å². The third kappa shape index (κ3) is 3.40. The minimum absolute atomic E-state index is 0.426. The highest BCUT2D eigenvalue weighted by atomic mass is 15.0. The van der Waals surface area contributed by atoms with Gasteiger partial charge in [-0.25, -0.2) is 4.98 Å². The Morgan fingerprint density at radius 1 is 1.22 bits per heavy atom. The number of rotatable bonds is 6. The third-order valence-electron chi connectivity index (χ3n) is 6.22. The van der Waals surface area contributed by atoms with Crippen LogP contribution >= 0.6 is 0 Å². The van der Waals surface area contributed by atoms with Crippen molar-refractivity contribution in [2.75, 3.05) is 0 Å². The summed E-state index contributed by atoms with van der Waals surface area (Å²) in [7, 11) is 0. The van der Waals surface area contributed by atoms with E-state index in [-0.39, 0.29) is 0 Å². The van der Waals surface area contributed by atoms with E-state index in [1.165, 1.54) is 38.5 Å². The maximum atomic E-state index is 4.56. The van der Waals surface area contributed by atoms with E-state index in [1.54, 1.807) is 0 Å². The van der Waals surface area contributed by atoms with Crippen LogP contribution in [0.25, 0.3) is 6.08 Å². The molecular weight excluding hydrogens is 282 g/mol. The quantitative estimate of drug-likeness (QED) is 0.810. The van der Waals surface area contributed by atoms with Crippen molar-refractivity contribution in [1.82, 2.24) is 15.3 Å². The van der Waals surface area contributed by atoms with E-state index < -0.39 is 0 Å². The number of nitrogens with zero attached hydrogens (tertiary/aromatic N) is 1. The molecule has 4 bridgehead atoms. The molecule has 4 fully saturated rings. The molecule has 4 aliphatic rings. The van der Waals surface area contributed by atoms with Crippen molar-refractivity contribution in [2.45, 2.75) is 70.9 Å². The Bertz CT molecular complexity index is 534. The molecule has 4 aliphatic carbocycles. The lowest BCUT2D eigenvalue weighted by molar-refractivity contribution is -0.0208. The van der Waals surface area contributed by atoms with Crippen LogP contribution in [0, 0.1) is 23.7 Å². The van der Waals surface area contributed by atoms with Gasteiger partial charge < -0.3 is 10.3 Å². The second-order valence-corrected chi connectivity index (χ2v) is 8.87. The Hall–Kier alpha value is -1.09. The summed E-state index contributed by atoms with van der Waals surface area (Å²) in [6.07, 6.45) is 16.2. The van der Waals surface area contributed by atoms with E-state index >= 15 is 0 Å². The standard InChI is InChI=1S/C20H31N3/c1-14(2)4-3-5-18-12-21-19(23-18)13-22-20-9-15-6-16(10-20)8-17(7-15)11-20/h3,5,12,14-17,22H,4,6-11,13H2,1-2H3,(H,21,23)/b5-3-. The van der Waals surface area contributed by atoms with E-state index in [2.05, 4.69) is 41.3 Å². The van der Waals surface area contributed by atoms with Crippen LogP contribution in [0.4, 0.5) is 0 Å². The van der Waals surface area contributed by atoms with Crippen molar-refractivity contribution in [3.63, 3.8) is 0 Å². The molecule has 23 heavy (non-hydrogen) atoms. The molecule has 1 aromatic rings. The summed E-state index contributed by atoms with van der Waals surface area (Å²) >= 11 is 0. The normalized spacial score (nSPS) is 35.7. The molecule has 0 aliphatic heterocycles. The predicted octanol–water partition coefficient (Wildman–Crippen LogP) is 4.53. The minimum atomic E-state index is 0.426. The lowest BCUT2D eigenvalue weighted by Crippen LogP contribution is -2.58. The molecule has 0 saturated heterocycles. The van der Waals surface area contributed by atoms with Crippen LogP contribution in [0.5, 0.6) is 0 Å². The van der Waals surface area contributed by atoms with E-state index in [4.69, 9.17) is 0 Å². The smallest absolute Gasteiger partial charge is 0.120 e. The van der Waals surface area contributed by atoms with Gasteiger partial charge in [-0.1, -0.05) is 19.9 Å². The number of aromatic nitrogens is 2. The first-order chi connectivity index (χ1) is 11.1.